The molecule has 0 bridgehead atoms. The van der Waals surface area contributed by atoms with Crippen molar-refractivity contribution in [3.8, 4) is 0 Å². The lowest BCUT2D eigenvalue weighted by molar-refractivity contribution is 0.675. The minimum Gasteiger partial charge on any atom is -0.372 e. The fourth-order valence-corrected chi connectivity index (χ4v) is 2.19. The van der Waals surface area contributed by atoms with E-state index < -0.39 is 0 Å². The van der Waals surface area contributed by atoms with E-state index in [0.29, 0.717) is 0 Å². The molecule has 1 N–H and O–H groups in total. The lowest BCUT2D eigenvalue weighted by Crippen LogP contribution is -2.30. The van der Waals surface area contributed by atoms with Gasteiger partial charge in [-0.2, -0.15) is 0 Å². The Bertz CT molecular complexity index is 323. The quantitative estimate of drug-likeness (QED) is 0.884. The average molecular weight is 269 g/mol. The number of hydrogen-bond acceptors (Lipinski definition) is 2. The molecule has 3 heteroatoms. The number of hydrogen-bond donors (Lipinski definition) is 1. The summed E-state index contributed by atoms with van der Waals surface area (Å²) in [5, 5.41) is 3.52. The van der Waals surface area contributed by atoms with Crippen LogP contribution in [0.2, 0.25) is 0 Å². The van der Waals surface area contributed by atoms with Gasteiger partial charge in [0.1, 0.15) is 0 Å². The highest BCUT2D eigenvalue weighted by Gasteiger charge is 2.19. The van der Waals surface area contributed by atoms with E-state index in [-0.39, 0.29) is 0 Å². The third kappa shape index (κ3) is 3.21. The Balaban J connectivity index is 1.83. The van der Waals surface area contributed by atoms with Gasteiger partial charge in [0.25, 0.3) is 0 Å². The second kappa shape index (κ2) is 4.99. The molecule has 0 atom stereocenters. The predicted octanol–water partition coefficient (Wildman–Crippen LogP) is 2.64. The Hall–Kier alpha value is -0.540. The van der Waals surface area contributed by atoms with Crippen LogP contribution in [0.4, 0.5) is 5.69 Å². The molecule has 1 aliphatic rings. The Morgan fingerprint density at radius 2 is 2.13 bits per heavy atom. The van der Waals surface area contributed by atoms with Crippen LogP contribution in [-0.2, 0) is 0 Å². The summed E-state index contributed by atoms with van der Waals surface area (Å²) in [4.78, 5) is 2.28. The molecule has 1 fully saturated rings. The zero-order valence-electron chi connectivity index (χ0n) is 9.04. The van der Waals surface area contributed by atoms with Crippen molar-refractivity contribution in [2.24, 2.45) is 0 Å². The van der Waals surface area contributed by atoms with E-state index in [9.17, 15) is 0 Å². The summed E-state index contributed by atoms with van der Waals surface area (Å²) in [5.41, 5.74) is 1.26. The molecule has 15 heavy (non-hydrogen) atoms. The average Bonchev–Trinajstić information content (AvgIpc) is 3.02. The minimum absolute atomic E-state index is 0.803. The maximum absolute atomic E-state index is 3.57. The molecule has 0 aliphatic heterocycles. The van der Waals surface area contributed by atoms with Gasteiger partial charge < -0.3 is 10.2 Å². The van der Waals surface area contributed by atoms with Crippen molar-refractivity contribution in [3.63, 3.8) is 0 Å². The molecule has 0 unspecified atom stereocenters. The molecule has 1 aromatic carbocycles. The summed E-state index contributed by atoms with van der Waals surface area (Å²) < 4.78 is 1.17. The first-order chi connectivity index (χ1) is 7.27. The summed E-state index contributed by atoms with van der Waals surface area (Å²) in [5.74, 6) is 0. The van der Waals surface area contributed by atoms with Gasteiger partial charge in [-0.3, -0.25) is 0 Å². The Morgan fingerprint density at radius 3 is 2.80 bits per heavy atom. The van der Waals surface area contributed by atoms with Crippen LogP contribution in [-0.4, -0.2) is 26.2 Å². The highest BCUT2D eigenvalue weighted by molar-refractivity contribution is 9.10. The van der Waals surface area contributed by atoms with Gasteiger partial charge in [0.15, 0.2) is 0 Å². The second-order valence-electron chi connectivity index (χ2n) is 4.10. The molecule has 1 aliphatic carbocycles. The Labute approximate surface area is 99.8 Å². The first-order valence-electron chi connectivity index (χ1n) is 5.46. The number of rotatable bonds is 5. The third-order valence-corrected chi connectivity index (χ3v) is 3.39. The summed E-state index contributed by atoms with van der Waals surface area (Å²) in [6.07, 6.45) is 2.72. The van der Waals surface area contributed by atoms with Gasteiger partial charge in [-0.25, -0.2) is 0 Å². The van der Waals surface area contributed by atoms with Crippen molar-refractivity contribution in [2.75, 3.05) is 25.0 Å². The van der Waals surface area contributed by atoms with E-state index in [0.717, 1.165) is 19.1 Å². The van der Waals surface area contributed by atoms with Crippen molar-refractivity contribution >= 4 is 21.6 Å². The monoisotopic (exact) mass is 268 g/mol. The molecular formula is C12H17BrN2. The molecule has 0 radical (unpaired) electrons. The summed E-state index contributed by atoms with van der Waals surface area (Å²) in [7, 11) is 2.13. The van der Waals surface area contributed by atoms with Gasteiger partial charge in [-0.05, 0) is 40.9 Å². The molecule has 82 valence electrons. The van der Waals surface area contributed by atoms with Gasteiger partial charge in [0.2, 0.25) is 0 Å². The summed E-state index contributed by atoms with van der Waals surface area (Å²) in [6, 6.07) is 9.15. The number of halogens is 1. The van der Waals surface area contributed by atoms with Crippen molar-refractivity contribution in [1.29, 1.82) is 0 Å². The highest BCUT2D eigenvalue weighted by Crippen LogP contribution is 2.24. The van der Waals surface area contributed by atoms with E-state index in [1.165, 1.54) is 23.0 Å². The van der Waals surface area contributed by atoms with Gasteiger partial charge in [0, 0.05) is 30.7 Å². The Morgan fingerprint density at radius 1 is 1.40 bits per heavy atom. The van der Waals surface area contributed by atoms with Crippen LogP contribution in [0.15, 0.2) is 28.7 Å². The maximum Gasteiger partial charge on any atom is 0.0508 e. The predicted molar refractivity (Wildman–Crippen MR) is 68.4 cm³/mol. The van der Waals surface area contributed by atoms with Gasteiger partial charge in [0.05, 0.1) is 5.69 Å². The number of nitrogens with one attached hydrogen (secondary N) is 1. The molecule has 0 aromatic heterocycles. The number of para-hydroxylation sites is 1. The minimum atomic E-state index is 0.803. The molecule has 0 heterocycles. The smallest absolute Gasteiger partial charge is 0.0508 e. The second-order valence-corrected chi connectivity index (χ2v) is 4.96. The van der Waals surface area contributed by atoms with Crippen LogP contribution in [0.1, 0.15) is 12.8 Å². The van der Waals surface area contributed by atoms with Crippen molar-refractivity contribution < 1.29 is 0 Å². The number of benzene rings is 1. The fraction of sp³-hybridized carbons (Fsp3) is 0.500. The fourth-order valence-electron chi connectivity index (χ4n) is 1.61. The molecule has 0 spiro atoms. The lowest BCUT2D eigenvalue weighted by Gasteiger charge is -2.20. The first-order valence-corrected chi connectivity index (χ1v) is 6.26. The maximum atomic E-state index is 3.57. The molecule has 1 saturated carbocycles. The lowest BCUT2D eigenvalue weighted by atomic mass is 10.3. The first kappa shape index (κ1) is 11.0. The Kier molecular flexibility index (Phi) is 3.65. The largest absolute Gasteiger partial charge is 0.372 e. The molecule has 2 rings (SSSR count). The van der Waals surface area contributed by atoms with Crippen molar-refractivity contribution in [2.45, 2.75) is 18.9 Å². The van der Waals surface area contributed by atoms with Crippen molar-refractivity contribution in [3.05, 3.63) is 28.7 Å². The summed E-state index contributed by atoms with van der Waals surface area (Å²) in [6.45, 7) is 2.13. The van der Waals surface area contributed by atoms with Crippen molar-refractivity contribution in [1.82, 2.24) is 5.32 Å². The van der Waals surface area contributed by atoms with Gasteiger partial charge in [-0.15, -0.1) is 0 Å². The number of likely N-dealkylation sites (N-methyl/N-ethyl adjacent to an activating group) is 1. The van der Waals surface area contributed by atoms with Crippen LogP contribution in [0, 0.1) is 0 Å². The van der Waals surface area contributed by atoms with Gasteiger partial charge >= 0.3 is 0 Å². The van der Waals surface area contributed by atoms with E-state index in [1.807, 2.05) is 6.07 Å². The van der Waals surface area contributed by atoms with Crippen LogP contribution in [0.3, 0.4) is 0 Å². The summed E-state index contributed by atoms with van der Waals surface area (Å²) >= 11 is 3.57. The zero-order chi connectivity index (χ0) is 10.7. The van der Waals surface area contributed by atoms with E-state index in [4.69, 9.17) is 0 Å². The zero-order valence-corrected chi connectivity index (χ0v) is 10.6. The topological polar surface area (TPSA) is 15.3 Å². The molecule has 0 amide bonds. The van der Waals surface area contributed by atoms with Crippen LogP contribution in [0.25, 0.3) is 0 Å². The standard InChI is InChI=1S/C12H17BrN2/c1-15(9-8-14-10-6-7-10)12-5-3-2-4-11(12)13/h2-5,10,14H,6-9H2,1H3. The highest BCUT2D eigenvalue weighted by atomic mass is 79.9. The van der Waals surface area contributed by atoms with Crippen LogP contribution in [0.5, 0.6) is 0 Å². The third-order valence-electron chi connectivity index (χ3n) is 2.72. The van der Waals surface area contributed by atoms with E-state index in [1.54, 1.807) is 0 Å². The van der Waals surface area contributed by atoms with E-state index in [2.05, 4.69) is 51.4 Å². The number of nitrogens with zero attached hydrogens (tertiary/aromatic N) is 1. The normalized spacial score (nSPS) is 15.3. The molecule has 1 aromatic rings. The number of anilines is 1. The van der Waals surface area contributed by atoms with Crippen LogP contribution < -0.4 is 10.2 Å². The van der Waals surface area contributed by atoms with Gasteiger partial charge in [-0.1, -0.05) is 12.1 Å². The molecular weight excluding hydrogens is 252 g/mol. The SMILES string of the molecule is CN(CCNC1CC1)c1ccccc1Br. The van der Waals surface area contributed by atoms with Crippen LogP contribution >= 0.6 is 15.9 Å². The molecule has 0 saturated heterocycles. The van der Waals surface area contributed by atoms with E-state index >= 15 is 0 Å². The molecule has 2 nitrogen and oxygen atoms in total.